The third kappa shape index (κ3) is 2.03. The van der Waals surface area contributed by atoms with Gasteiger partial charge in [0.2, 0.25) is 0 Å². The molecule has 92 valence electrons. The number of fused-ring (bicyclic) bond motifs is 2. The first-order valence-electron chi connectivity index (χ1n) is 6.14. The van der Waals surface area contributed by atoms with Crippen LogP contribution in [-0.2, 0) is 4.74 Å². The van der Waals surface area contributed by atoms with Gasteiger partial charge in [-0.05, 0) is 46.0 Å². The third-order valence-electron chi connectivity index (χ3n) is 3.59. The van der Waals surface area contributed by atoms with E-state index in [1.165, 1.54) is 6.42 Å². The summed E-state index contributed by atoms with van der Waals surface area (Å²) < 4.78 is 5.44. The van der Waals surface area contributed by atoms with Crippen LogP contribution in [0.5, 0.6) is 0 Å². The molecule has 3 atom stereocenters. The number of hydrogen-bond acceptors (Lipinski definition) is 3. The van der Waals surface area contributed by atoms with Crippen molar-refractivity contribution in [3.8, 4) is 0 Å². The Hall–Kier alpha value is -0.770. The van der Waals surface area contributed by atoms with E-state index >= 15 is 0 Å². The lowest BCUT2D eigenvalue weighted by atomic mass is 9.99. The van der Waals surface area contributed by atoms with Crippen LogP contribution in [-0.4, -0.2) is 35.2 Å². The van der Waals surface area contributed by atoms with Crippen LogP contribution < -0.4 is 5.73 Å². The summed E-state index contributed by atoms with van der Waals surface area (Å²) >= 11 is 0. The average Bonchev–Trinajstić information content (AvgIpc) is 2.72. The smallest absolute Gasteiger partial charge is 0.410 e. The molecule has 0 radical (unpaired) electrons. The second kappa shape index (κ2) is 3.91. The molecule has 0 aromatic heterocycles. The lowest BCUT2D eigenvalue weighted by molar-refractivity contribution is 0.00857. The van der Waals surface area contributed by atoms with Crippen molar-refractivity contribution in [1.82, 2.24) is 4.90 Å². The summed E-state index contributed by atoms with van der Waals surface area (Å²) in [4.78, 5) is 14.0. The Morgan fingerprint density at radius 2 is 2.12 bits per heavy atom. The number of rotatable bonds is 1. The number of carbonyl (C=O) groups is 1. The van der Waals surface area contributed by atoms with E-state index in [0.29, 0.717) is 18.5 Å². The first-order valence-corrected chi connectivity index (χ1v) is 6.14. The highest BCUT2D eigenvalue weighted by Gasteiger charge is 2.48. The van der Waals surface area contributed by atoms with Gasteiger partial charge in [-0.25, -0.2) is 4.79 Å². The summed E-state index contributed by atoms with van der Waals surface area (Å²) in [5, 5.41) is 0. The zero-order valence-corrected chi connectivity index (χ0v) is 10.4. The Morgan fingerprint density at radius 1 is 1.44 bits per heavy atom. The number of ether oxygens (including phenoxy) is 1. The van der Waals surface area contributed by atoms with E-state index in [1.54, 1.807) is 0 Å². The van der Waals surface area contributed by atoms with Crippen molar-refractivity contribution in [2.75, 3.05) is 6.54 Å². The van der Waals surface area contributed by atoms with Crippen molar-refractivity contribution >= 4 is 6.09 Å². The second-order valence-corrected chi connectivity index (χ2v) is 5.92. The number of nitrogens with two attached hydrogens (primary N) is 1. The quantitative estimate of drug-likeness (QED) is 0.741. The van der Waals surface area contributed by atoms with Crippen molar-refractivity contribution < 1.29 is 9.53 Å². The molecule has 4 nitrogen and oxygen atoms in total. The molecule has 16 heavy (non-hydrogen) atoms. The molecular formula is C12H22N2O2. The maximum Gasteiger partial charge on any atom is 0.410 e. The minimum absolute atomic E-state index is 0.185. The SMILES string of the molecule is CC(C)(C)OC(=O)N1[C@H]2CC[C@H](C2)[C@H]1CN. The van der Waals surface area contributed by atoms with Crippen molar-refractivity contribution in [2.45, 2.75) is 57.7 Å². The predicted molar refractivity (Wildman–Crippen MR) is 62.0 cm³/mol. The topological polar surface area (TPSA) is 55.6 Å². The molecule has 2 rings (SSSR count). The minimum atomic E-state index is -0.419. The van der Waals surface area contributed by atoms with Crippen LogP contribution in [0.1, 0.15) is 40.0 Å². The Kier molecular flexibility index (Phi) is 2.86. The summed E-state index contributed by atoms with van der Waals surface area (Å²) in [6.07, 6.45) is 3.25. The molecule has 1 saturated carbocycles. The molecule has 1 aliphatic heterocycles. The van der Waals surface area contributed by atoms with E-state index in [9.17, 15) is 4.79 Å². The normalized spacial score (nSPS) is 33.2. The fourth-order valence-corrected chi connectivity index (χ4v) is 3.00. The first-order chi connectivity index (χ1) is 7.42. The fraction of sp³-hybridized carbons (Fsp3) is 0.917. The van der Waals surface area contributed by atoms with Crippen LogP contribution in [0.2, 0.25) is 0 Å². The van der Waals surface area contributed by atoms with Gasteiger partial charge in [-0.3, -0.25) is 0 Å². The molecule has 1 heterocycles. The molecule has 1 amide bonds. The lowest BCUT2D eigenvalue weighted by Crippen LogP contribution is -2.50. The van der Waals surface area contributed by atoms with Crippen molar-refractivity contribution in [2.24, 2.45) is 11.7 Å². The van der Waals surface area contributed by atoms with Crippen molar-refractivity contribution in [3.63, 3.8) is 0 Å². The highest BCUT2D eigenvalue weighted by atomic mass is 16.6. The number of amides is 1. The van der Waals surface area contributed by atoms with Crippen LogP contribution in [0.3, 0.4) is 0 Å². The Morgan fingerprint density at radius 3 is 2.69 bits per heavy atom. The van der Waals surface area contributed by atoms with Crippen LogP contribution >= 0.6 is 0 Å². The summed E-state index contributed by atoms with van der Waals surface area (Å²) in [6.45, 7) is 6.25. The standard InChI is InChI=1S/C12H22N2O2/c1-12(2,3)16-11(15)14-9-5-4-8(6-9)10(14)7-13/h8-10H,4-7,13H2,1-3H3/t8-,9+,10-/m1/s1. The number of carbonyl (C=O) groups excluding carboxylic acids is 1. The van der Waals surface area contributed by atoms with E-state index in [-0.39, 0.29) is 12.1 Å². The zero-order chi connectivity index (χ0) is 11.9. The van der Waals surface area contributed by atoms with Crippen molar-refractivity contribution in [3.05, 3.63) is 0 Å². The van der Waals surface area contributed by atoms with Gasteiger partial charge >= 0.3 is 6.09 Å². The molecule has 1 saturated heterocycles. The van der Waals surface area contributed by atoms with Gasteiger partial charge in [0, 0.05) is 12.6 Å². The number of likely N-dealkylation sites (tertiary alicyclic amines) is 1. The first kappa shape index (κ1) is 11.7. The molecule has 2 aliphatic rings. The van der Waals surface area contributed by atoms with Gasteiger partial charge in [0.25, 0.3) is 0 Å². The van der Waals surface area contributed by atoms with Gasteiger partial charge in [-0.1, -0.05) is 0 Å². The highest BCUT2D eigenvalue weighted by molar-refractivity contribution is 5.69. The van der Waals surface area contributed by atoms with Gasteiger partial charge in [-0.2, -0.15) is 0 Å². The van der Waals surface area contributed by atoms with Gasteiger partial charge in [0.1, 0.15) is 5.60 Å². The van der Waals surface area contributed by atoms with Crippen LogP contribution in [0.25, 0.3) is 0 Å². The molecule has 0 aromatic carbocycles. The fourth-order valence-electron chi connectivity index (χ4n) is 3.00. The summed E-state index contributed by atoms with van der Waals surface area (Å²) in [7, 11) is 0. The van der Waals surface area contributed by atoms with E-state index in [2.05, 4.69) is 0 Å². The summed E-state index contributed by atoms with van der Waals surface area (Å²) in [5.74, 6) is 0.600. The monoisotopic (exact) mass is 226 g/mol. The molecule has 2 bridgehead atoms. The number of piperidine rings is 1. The third-order valence-corrected chi connectivity index (χ3v) is 3.59. The molecule has 4 heteroatoms. The Bertz CT molecular complexity index is 285. The average molecular weight is 226 g/mol. The largest absolute Gasteiger partial charge is 0.444 e. The molecule has 2 N–H and O–H groups in total. The molecule has 2 fully saturated rings. The van der Waals surface area contributed by atoms with E-state index in [1.807, 2.05) is 25.7 Å². The molecule has 0 spiro atoms. The Balaban J connectivity index is 2.06. The van der Waals surface area contributed by atoms with Gasteiger partial charge < -0.3 is 15.4 Å². The molecule has 0 aromatic rings. The molecule has 0 unspecified atom stereocenters. The van der Waals surface area contributed by atoms with E-state index in [4.69, 9.17) is 10.5 Å². The number of hydrogen-bond donors (Lipinski definition) is 1. The number of nitrogens with zero attached hydrogens (tertiary/aromatic N) is 1. The van der Waals surface area contributed by atoms with E-state index < -0.39 is 5.60 Å². The molecular weight excluding hydrogens is 204 g/mol. The van der Waals surface area contributed by atoms with E-state index in [0.717, 1.165) is 12.8 Å². The van der Waals surface area contributed by atoms with Crippen molar-refractivity contribution in [1.29, 1.82) is 0 Å². The Labute approximate surface area is 97.1 Å². The summed E-state index contributed by atoms with van der Waals surface area (Å²) in [5.41, 5.74) is 5.34. The van der Waals surface area contributed by atoms with Crippen LogP contribution in [0.4, 0.5) is 4.79 Å². The van der Waals surface area contributed by atoms with Gasteiger partial charge in [0.05, 0.1) is 6.04 Å². The lowest BCUT2D eigenvalue weighted by Gasteiger charge is -2.35. The van der Waals surface area contributed by atoms with Gasteiger partial charge in [0.15, 0.2) is 0 Å². The van der Waals surface area contributed by atoms with Crippen LogP contribution in [0, 0.1) is 5.92 Å². The zero-order valence-electron chi connectivity index (χ0n) is 10.4. The second-order valence-electron chi connectivity index (χ2n) is 5.92. The summed E-state index contributed by atoms with van der Waals surface area (Å²) in [6, 6.07) is 0.571. The maximum atomic E-state index is 12.1. The minimum Gasteiger partial charge on any atom is -0.444 e. The highest BCUT2D eigenvalue weighted by Crippen LogP contribution is 2.42. The predicted octanol–water partition coefficient (Wildman–Crippen LogP) is 1.73. The van der Waals surface area contributed by atoms with Crippen LogP contribution in [0.15, 0.2) is 0 Å². The maximum absolute atomic E-state index is 12.1. The molecule has 1 aliphatic carbocycles. The van der Waals surface area contributed by atoms with Gasteiger partial charge in [-0.15, -0.1) is 0 Å².